The molecule has 7 heteroatoms. The first kappa shape index (κ1) is 29.0. The van der Waals surface area contributed by atoms with Crippen LogP contribution < -0.4 is 5.32 Å². The normalized spacial score (nSPS) is 12.1. The summed E-state index contributed by atoms with van der Waals surface area (Å²) >= 11 is 0. The average Bonchev–Trinajstić information content (AvgIpc) is 2.87. The maximum absolute atomic E-state index is 13.8. The highest BCUT2D eigenvalue weighted by atomic mass is 16.5. The second-order valence-corrected chi connectivity index (χ2v) is 9.17. The fourth-order valence-electron chi connectivity index (χ4n) is 4.68. The van der Waals surface area contributed by atoms with Crippen molar-refractivity contribution in [2.24, 2.45) is 0 Å². The molecular formula is C29H41N2O5+. The van der Waals surface area contributed by atoms with Gasteiger partial charge in [-0.3, -0.25) is 4.79 Å². The van der Waals surface area contributed by atoms with Gasteiger partial charge in [0.1, 0.15) is 6.61 Å². The number of rotatable bonds is 13. The molecule has 2 aromatic carbocycles. The number of anilines is 1. The lowest BCUT2D eigenvalue weighted by Crippen LogP contribution is -2.62. The molecule has 1 atom stereocenters. The van der Waals surface area contributed by atoms with Crippen molar-refractivity contribution >= 4 is 23.5 Å². The number of carbonyl (C=O) groups excluding carboxylic acids is 3. The van der Waals surface area contributed by atoms with E-state index in [1.54, 1.807) is 13.0 Å². The zero-order valence-corrected chi connectivity index (χ0v) is 22.6. The molecule has 0 saturated heterocycles. The van der Waals surface area contributed by atoms with E-state index in [1.165, 1.54) is 0 Å². The predicted molar refractivity (Wildman–Crippen MR) is 142 cm³/mol. The van der Waals surface area contributed by atoms with Crippen LogP contribution in [0.5, 0.6) is 0 Å². The van der Waals surface area contributed by atoms with Gasteiger partial charge in [-0.15, -0.1) is 0 Å². The molecule has 0 fully saturated rings. The van der Waals surface area contributed by atoms with E-state index in [4.69, 9.17) is 9.47 Å². The molecule has 0 aliphatic carbocycles. The zero-order valence-electron chi connectivity index (χ0n) is 22.6. The van der Waals surface area contributed by atoms with Crippen LogP contribution in [0.4, 0.5) is 5.69 Å². The van der Waals surface area contributed by atoms with Gasteiger partial charge in [-0.05, 0) is 63.8 Å². The van der Waals surface area contributed by atoms with Crippen molar-refractivity contribution < 1.29 is 28.3 Å². The molecule has 1 amide bonds. The van der Waals surface area contributed by atoms with E-state index in [9.17, 15) is 14.4 Å². The van der Waals surface area contributed by atoms with Gasteiger partial charge in [-0.1, -0.05) is 43.3 Å². The molecular weight excluding hydrogens is 456 g/mol. The summed E-state index contributed by atoms with van der Waals surface area (Å²) in [6, 6.07) is 12.7. The molecule has 1 unspecified atom stereocenters. The Balaban J connectivity index is 2.31. The molecule has 1 N–H and O–H groups in total. The Hall–Kier alpha value is -3.19. The number of esters is 2. The summed E-state index contributed by atoms with van der Waals surface area (Å²) in [5.74, 6) is -1.02. The Kier molecular flexibility index (Phi) is 11.1. The SMILES string of the molecule is CCCC(C(=O)Nc1c(C)cc(C)cc1C(=O)OCC)[N+](CC)(CC)CC(=O)OCc1ccccc1. The predicted octanol–water partition coefficient (Wildman–Crippen LogP) is 5.19. The molecule has 0 heterocycles. The number of nitrogens with zero attached hydrogens (tertiary/aromatic N) is 1. The van der Waals surface area contributed by atoms with E-state index in [0.717, 1.165) is 23.1 Å². The molecule has 0 radical (unpaired) electrons. The minimum absolute atomic E-state index is 0.0928. The van der Waals surface area contributed by atoms with Gasteiger partial charge in [0.25, 0.3) is 5.91 Å². The van der Waals surface area contributed by atoms with Crippen LogP contribution in [-0.4, -0.2) is 54.6 Å². The van der Waals surface area contributed by atoms with Gasteiger partial charge in [0.05, 0.1) is 30.9 Å². The number of nitrogens with one attached hydrogen (secondary N) is 1. The Morgan fingerprint density at radius 3 is 2.19 bits per heavy atom. The van der Waals surface area contributed by atoms with Crippen molar-refractivity contribution in [2.45, 2.75) is 67.0 Å². The van der Waals surface area contributed by atoms with Gasteiger partial charge in [-0.25, -0.2) is 9.59 Å². The number of quaternary nitrogens is 1. The van der Waals surface area contributed by atoms with E-state index >= 15 is 0 Å². The standard InChI is InChI=1S/C29H40N2O5/c1-7-14-25(28(33)30-27-22(6)17-21(5)18-24(27)29(34)35-10-4)31(8-2,9-3)19-26(32)36-20-23-15-12-11-13-16-23/h11-13,15-18,25H,7-10,14,19-20H2,1-6H3/p+1. The van der Waals surface area contributed by atoms with E-state index in [1.807, 2.05) is 71.0 Å². The maximum atomic E-state index is 13.8. The topological polar surface area (TPSA) is 81.7 Å². The number of hydrogen-bond acceptors (Lipinski definition) is 5. The van der Waals surface area contributed by atoms with Crippen molar-refractivity contribution in [2.75, 3.05) is 31.6 Å². The van der Waals surface area contributed by atoms with Crippen LogP contribution in [0, 0.1) is 13.8 Å². The average molecular weight is 498 g/mol. The number of hydrogen-bond donors (Lipinski definition) is 1. The first-order valence-corrected chi connectivity index (χ1v) is 12.9. The van der Waals surface area contributed by atoms with Crippen LogP contribution in [0.15, 0.2) is 42.5 Å². The number of likely N-dealkylation sites (N-methyl/N-ethyl adjacent to an activating group) is 1. The van der Waals surface area contributed by atoms with Gasteiger partial charge in [0.15, 0.2) is 12.6 Å². The van der Waals surface area contributed by atoms with Crippen LogP contribution in [0.3, 0.4) is 0 Å². The van der Waals surface area contributed by atoms with E-state index < -0.39 is 12.0 Å². The van der Waals surface area contributed by atoms with Gasteiger partial charge in [0, 0.05) is 6.42 Å². The summed E-state index contributed by atoms with van der Waals surface area (Å²) in [4.78, 5) is 39.3. The number of carbonyl (C=O) groups is 3. The molecule has 196 valence electrons. The Morgan fingerprint density at radius 2 is 1.61 bits per heavy atom. The number of aryl methyl sites for hydroxylation is 2. The molecule has 2 aromatic rings. The Labute approximate surface area is 215 Å². The molecule has 0 bridgehead atoms. The number of amides is 1. The number of ether oxygens (including phenoxy) is 2. The quantitative estimate of drug-likeness (QED) is 0.304. The van der Waals surface area contributed by atoms with Crippen molar-refractivity contribution in [3.63, 3.8) is 0 Å². The van der Waals surface area contributed by atoms with Crippen LogP contribution in [0.1, 0.15) is 67.6 Å². The van der Waals surface area contributed by atoms with Crippen molar-refractivity contribution in [1.82, 2.24) is 0 Å². The van der Waals surface area contributed by atoms with Crippen LogP contribution in [-0.2, 0) is 25.7 Å². The highest BCUT2D eigenvalue weighted by Crippen LogP contribution is 2.27. The lowest BCUT2D eigenvalue weighted by atomic mass is 10.0. The monoisotopic (exact) mass is 497 g/mol. The lowest BCUT2D eigenvalue weighted by molar-refractivity contribution is -0.933. The van der Waals surface area contributed by atoms with Gasteiger partial charge in [0.2, 0.25) is 0 Å². The van der Waals surface area contributed by atoms with Crippen molar-refractivity contribution in [3.8, 4) is 0 Å². The molecule has 0 aliphatic heterocycles. The third-order valence-electron chi connectivity index (χ3n) is 6.70. The second-order valence-electron chi connectivity index (χ2n) is 9.17. The maximum Gasteiger partial charge on any atom is 0.362 e. The van der Waals surface area contributed by atoms with Crippen molar-refractivity contribution in [3.05, 3.63) is 64.7 Å². The van der Waals surface area contributed by atoms with Gasteiger partial charge >= 0.3 is 11.9 Å². The van der Waals surface area contributed by atoms with E-state index in [-0.39, 0.29) is 36.1 Å². The summed E-state index contributed by atoms with van der Waals surface area (Å²) in [7, 11) is 0. The second kappa shape index (κ2) is 13.8. The minimum Gasteiger partial charge on any atom is -0.462 e. The Morgan fingerprint density at radius 1 is 0.944 bits per heavy atom. The van der Waals surface area contributed by atoms with E-state index in [0.29, 0.717) is 30.8 Å². The highest BCUT2D eigenvalue weighted by Gasteiger charge is 2.41. The lowest BCUT2D eigenvalue weighted by Gasteiger charge is -2.42. The van der Waals surface area contributed by atoms with E-state index in [2.05, 4.69) is 5.32 Å². The zero-order chi connectivity index (χ0) is 26.7. The smallest absolute Gasteiger partial charge is 0.362 e. The summed E-state index contributed by atoms with van der Waals surface area (Å²) in [5.41, 5.74) is 3.41. The summed E-state index contributed by atoms with van der Waals surface area (Å²) in [6.45, 7) is 13.2. The van der Waals surface area contributed by atoms with Crippen LogP contribution in [0.2, 0.25) is 0 Å². The summed E-state index contributed by atoms with van der Waals surface area (Å²) < 4.78 is 11.1. The van der Waals surface area contributed by atoms with Crippen molar-refractivity contribution in [1.29, 1.82) is 0 Å². The molecule has 0 saturated carbocycles. The first-order chi connectivity index (χ1) is 17.2. The third kappa shape index (κ3) is 7.40. The minimum atomic E-state index is -0.481. The summed E-state index contributed by atoms with van der Waals surface area (Å²) in [6.07, 6.45) is 1.37. The fraction of sp³-hybridized carbons (Fsp3) is 0.483. The molecule has 0 aliphatic rings. The number of benzene rings is 2. The van der Waals surface area contributed by atoms with Gasteiger partial charge in [-0.2, -0.15) is 0 Å². The Bertz CT molecular complexity index is 1030. The summed E-state index contributed by atoms with van der Waals surface area (Å²) in [5, 5.41) is 3.03. The van der Waals surface area contributed by atoms with Crippen LogP contribution in [0.25, 0.3) is 0 Å². The molecule has 7 nitrogen and oxygen atoms in total. The first-order valence-electron chi connectivity index (χ1n) is 12.9. The fourth-order valence-corrected chi connectivity index (χ4v) is 4.68. The molecule has 0 aromatic heterocycles. The highest BCUT2D eigenvalue weighted by molar-refractivity contribution is 6.03. The van der Waals surface area contributed by atoms with Crippen LogP contribution >= 0.6 is 0 Å². The van der Waals surface area contributed by atoms with Gasteiger partial charge < -0.3 is 19.3 Å². The largest absolute Gasteiger partial charge is 0.462 e. The molecule has 0 spiro atoms. The third-order valence-corrected chi connectivity index (χ3v) is 6.70. The molecule has 2 rings (SSSR count). The molecule has 36 heavy (non-hydrogen) atoms.